The summed E-state index contributed by atoms with van der Waals surface area (Å²) in [5.41, 5.74) is 0.223. The van der Waals surface area contributed by atoms with Gasteiger partial charge in [-0.15, -0.1) is 0 Å². The first-order chi connectivity index (χ1) is 17.9. The van der Waals surface area contributed by atoms with Crippen molar-refractivity contribution in [2.75, 3.05) is 20.8 Å². The second-order valence-corrected chi connectivity index (χ2v) is 9.96. The lowest BCUT2D eigenvalue weighted by atomic mass is 9.82. The molecule has 2 aromatic carbocycles. The molecule has 0 radical (unpaired) electrons. The van der Waals surface area contributed by atoms with E-state index in [1.54, 1.807) is 32.9 Å². The third-order valence-electron chi connectivity index (χ3n) is 6.05. The topological polar surface area (TPSA) is 129 Å². The first-order valence-electron chi connectivity index (χ1n) is 12.2. The van der Waals surface area contributed by atoms with Gasteiger partial charge in [0.15, 0.2) is 11.5 Å². The second-order valence-electron chi connectivity index (χ2n) is 9.96. The highest BCUT2D eigenvalue weighted by Gasteiger charge is 2.47. The molecule has 1 N–H and O–H groups in total. The number of hydrogen-bond acceptors (Lipinski definition) is 8. The van der Waals surface area contributed by atoms with Gasteiger partial charge in [0.05, 0.1) is 38.5 Å². The summed E-state index contributed by atoms with van der Waals surface area (Å²) in [6, 6.07) is 13.2. The fraction of sp³-hybridized carbons (Fsp3) is 0.429. The van der Waals surface area contributed by atoms with E-state index in [9.17, 15) is 24.3 Å². The summed E-state index contributed by atoms with van der Waals surface area (Å²) < 4.78 is 21.4. The SMILES string of the molecule is COc1ccc(C(C(=O)OC(C)(C)C)C(CC(=O)O)C(=O)N2C(=O)OC[C@@H]2Cc2ccccc2)cc1OC. The summed E-state index contributed by atoms with van der Waals surface area (Å²) in [4.78, 5) is 53.1. The molecule has 0 aliphatic carbocycles. The van der Waals surface area contributed by atoms with Crippen LogP contribution in [0.4, 0.5) is 4.79 Å². The second kappa shape index (κ2) is 12.0. The van der Waals surface area contributed by atoms with Crippen LogP contribution in [0.2, 0.25) is 0 Å². The summed E-state index contributed by atoms with van der Waals surface area (Å²) in [7, 11) is 2.86. The Balaban J connectivity index is 2.08. The van der Waals surface area contributed by atoms with Crippen molar-refractivity contribution in [3.05, 3.63) is 59.7 Å². The minimum Gasteiger partial charge on any atom is -0.493 e. The number of carbonyl (C=O) groups is 4. The van der Waals surface area contributed by atoms with Crippen LogP contribution in [0.1, 0.15) is 44.2 Å². The van der Waals surface area contributed by atoms with Crippen LogP contribution >= 0.6 is 0 Å². The van der Waals surface area contributed by atoms with Gasteiger partial charge in [0, 0.05) is 0 Å². The summed E-state index contributed by atoms with van der Waals surface area (Å²) in [6.45, 7) is 4.95. The molecule has 0 spiro atoms. The normalized spacial score (nSPS) is 16.8. The molecule has 0 aromatic heterocycles. The first kappa shape index (κ1) is 28.5. The van der Waals surface area contributed by atoms with Crippen molar-refractivity contribution in [1.82, 2.24) is 4.90 Å². The standard InChI is InChI=1S/C28H33NO9/c1-28(2,3)38-26(33)24(18-11-12-21(35-4)22(14-18)36-5)20(15-23(30)31)25(32)29-19(16-37-27(29)34)13-17-9-7-6-8-10-17/h6-12,14,19-20,24H,13,15-16H2,1-5H3,(H,30,31)/t19-,20?,24?/m0/s1. The molecule has 1 fully saturated rings. The monoisotopic (exact) mass is 527 g/mol. The number of amides is 2. The molecule has 3 rings (SSSR count). The Kier molecular flexibility index (Phi) is 8.98. The average Bonchev–Trinajstić information content (AvgIpc) is 3.21. The fourth-order valence-electron chi connectivity index (χ4n) is 4.43. The van der Waals surface area contributed by atoms with Crippen LogP contribution in [0, 0.1) is 5.92 Å². The Labute approximate surface area is 221 Å². The summed E-state index contributed by atoms with van der Waals surface area (Å²) in [6.07, 6.45) is -1.30. The number of methoxy groups -OCH3 is 2. The molecule has 2 aromatic rings. The lowest BCUT2D eigenvalue weighted by Crippen LogP contribution is -2.47. The van der Waals surface area contributed by atoms with Crippen molar-refractivity contribution in [1.29, 1.82) is 0 Å². The van der Waals surface area contributed by atoms with Gasteiger partial charge >= 0.3 is 18.0 Å². The van der Waals surface area contributed by atoms with E-state index < -0.39 is 53.8 Å². The van der Waals surface area contributed by atoms with Gasteiger partial charge in [-0.25, -0.2) is 9.69 Å². The van der Waals surface area contributed by atoms with E-state index in [0.717, 1.165) is 10.5 Å². The van der Waals surface area contributed by atoms with E-state index in [1.165, 1.54) is 20.3 Å². The van der Waals surface area contributed by atoms with Gasteiger partial charge in [0.2, 0.25) is 5.91 Å². The predicted octanol–water partition coefficient (Wildman–Crippen LogP) is 3.81. The summed E-state index contributed by atoms with van der Waals surface area (Å²) in [5.74, 6) is -5.12. The van der Waals surface area contributed by atoms with Crippen LogP contribution < -0.4 is 9.47 Å². The minimum absolute atomic E-state index is 0.0489. The molecule has 3 atom stereocenters. The molecular formula is C28H33NO9. The van der Waals surface area contributed by atoms with Crippen LogP contribution in [0.25, 0.3) is 0 Å². The number of carboxylic acids is 1. The molecule has 1 heterocycles. The van der Waals surface area contributed by atoms with Crippen molar-refractivity contribution in [3.8, 4) is 11.5 Å². The van der Waals surface area contributed by atoms with Crippen LogP contribution in [0.3, 0.4) is 0 Å². The van der Waals surface area contributed by atoms with Gasteiger partial charge in [0.1, 0.15) is 12.2 Å². The molecule has 1 saturated heterocycles. The number of ether oxygens (including phenoxy) is 4. The third kappa shape index (κ3) is 6.81. The zero-order valence-corrected chi connectivity index (χ0v) is 22.1. The number of aliphatic carboxylic acids is 1. The van der Waals surface area contributed by atoms with Crippen LogP contribution in [0.15, 0.2) is 48.5 Å². The van der Waals surface area contributed by atoms with Crippen molar-refractivity contribution in [2.24, 2.45) is 5.92 Å². The lowest BCUT2D eigenvalue weighted by molar-refractivity contribution is -0.161. The number of hydrogen-bond donors (Lipinski definition) is 1. The maximum atomic E-state index is 14.0. The quantitative estimate of drug-likeness (QED) is 0.459. The van der Waals surface area contributed by atoms with Crippen molar-refractivity contribution in [3.63, 3.8) is 0 Å². The van der Waals surface area contributed by atoms with Gasteiger partial charge in [0.25, 0.3) is 0 Å². The lowest BCUT2D eigenvalue weighted by Gasteiger charge is -2.31. The van der Waals surface area contributed by atoms with E-state index in [0.29, 0.717) is 12.2 Å². The van der Waals surface area contributed by atoms with E-state index in [-0.39, 0.29) is 17.9 Å². The van der Waals surface area contributed by atoms with Gasteiger partial charge in [-0.05, 0) is 50.5 Å². The number of nitrogens with zero attached hydrogens (tertiary/aromatic N) is 1. The highest BCUT2D eigenvalue weighted by Crippen LogP contribution is 2.38. The average molecular weight is 528 g/mol. The maximum Gasteiger partial charge on any atom is 0.416 e. The zero-order valence-electron chi connectivity index (χ0n) is 22.1. The summed E-state index contributed by atoms with van der Waals surface area (Å²) >= 11 is 0. The number of esters is 1. The molecule has 1 aliphatic heterocycles. The Morgan fingerprint density at radius 2 is 1.71 bits per heavy atom. The number of rotatable bonds is 10. The van der Waals surface area contributed by atoms with Crippen molar-refractivity contribution < 1.29 is 43.2 Å². The highest BCUT2D eigenvalue weighted by atomic mass is 16.6. The predicted molar refractivity (Wildman–Crippen MR) is 136 cm³/mol. The van der Waals surface area contributed by atoms with E-state index >= 15 is 0 Å². The Bertz CT molecular complexity index is 1170. The van der Waals surface area contributed by atoms with Gasteiger partial charge < -0.3 is 24.1 Å². The fourth-order valence-corrected chi connectivity index (χ4v) is 4.43. The Morgan fingerprint density at radius 1 is 1.05 bits per heavy atom. The molecule has 10 heteroatoms. The van der Waals surface area contributed by atoms with Crippen LogP contribution in [-0.2, 0) is 30.3 Å². The van der Waals surface area contributed by atoms with Crippen molar-refractivity contribution >= 4 is 23.9 Å². The van der Waals surface area contributed by atoms with Gasteiger partial charge in [-0.3, -0.25) is 14.4 Å². The summed E-state index contributed by atoms with van der Waals surface area (Å²) in [5, 5.41) is 9.75. The number of benzene rings is 2. The highest BCUT2D eigenvalue weighted by molar-refractivity contribution is 5.99. The first-order valence-corrected chi connectivity index (χ1v) is 12.2. The Morgan fingerprint density at radius 3 is 2.29 bits per heavy atom. The maximum absolute atomic E-state index is 14.0. The molecule has 0 saturated carbocycles. The van der Waals surface area contributed by atoms with E-state index in [2.05, 4.69) is 0 Å². The number of carbonyl (C=O) groups excluding carboxylic acids is 3. The van der Waals surface area contributed by atoms with Crippen LogP contribution in [0.5, 0.6) is 11.5 Å². The largest absolute Gasteiger partial charge is 0.493 e. The molecular weight excluding hydrogens is 494 g/mol. The smallest absolute Gasteiger partial charge is 0.416 e. The molecule has 1 aliphatic rings. The molecule has 204 valence electrons. The number of carboxylic acid groups (broad SMARTS) is 1. The van der Waals surface area contributed by atoms with E-state index in [4.69, 9.17) is 18.9 Å². The Hall–Kier alpha value is -4.08. The minimum atomic E-state index is -1.47. The molecule has 0 bridgehead atoms. The third-order valence-corrected chi connectivity index (χ3v) is 6.05. The van der Waals surface area contributed by atoms with Gasteiger partial charge in [-0.2, -0.15) is 0 Å². The molecule has 2 amide bonds. The van der Waals surface area contributed by atoms with E-state index in [1.807, 2.05) is 30.3 Å². The number of imide groups is 1. The molecule has 38 heavy (non-hydrogen) atoms. The molecule has 2 unspecified atom stereocenters. The van der Waals surface area contributed by atoms with Crippen LogP contribution in [-0.4, -0.2) is 66.4 Å². The number of cyclic esters (lactones) is 1. The van der Waals surface area contributed by atoms with Gasteiger partial charge in [-0.1, -0.05) is 36.4 Å². The molecule has 10 nitrogen and oxygen atoms in total. The van der Waals surface area contributed by atoms with Crippen molar-refractivity contribution in [2.45, 2.75) is 51.2 Å². The zero-order chi connectivity index (χ0) is 28.0.